The largest absolute Gasteiger partial charge is 0.354 e. The minimum Gasteiger partial charge on any atom is -0.354 e. The molecule has 7 nitrogen and oxygen atoms in total. The van der Waals surface area contributed by atoms with Gasteiger partial charge >= 0.3 is 0 Å². The van der Waals surface area contributed by atoms with Crippen LogP contribution in [0.15, 0.2) is 30.5 Å². The second-order valence-corrected chi connectivity index (χ2v) is 9.25. The van der Waals surface area contributed by atoms with Gasteiger partial charge in [-0.25, -0.2) is 0 Å². The van der Waals surface area contributed by atoms with Crippen LogP contribution in [0, 0.1) is 20.8 Å². The molecule has 1 atom stereocenters. The summed E-state index contributed by atoms with van der Waals surface area (Å²) in [6, 6.07) is 8.63. The van der Waals surface area contributed by atoms with Crippen LogP contribution in [0.1, 0.15) is 77.6 Å². The van der Waals surface area contributed by atoms with E-state index in [0.717, 1.165) is 54.1 Å². The minimum atomic E-state index is -0.180. The monoisotopic (exact) mass is 446 g/mol. The van der Waals surface area contributed by atoms with Gasteiger partial charge < -0.3 is 5.32 Å². The van der Waals surface area contributed by atoms with Crippen molar-refractivity contribution in [3.05, 3.63) is 64.5 Å². The maximum atomic E-state index is 11.8. The summed E-state index contributed by atoms with van der Waals surface area (Å²) in [4.78, 5) is 23.6. The molecule has 0 radical (unpaired) electrons. The van der Waals surface area contributed by atoms with Gasteiger partial charge in [0.15, 0.2) is 0 Å². The molecule has 0 aliphatic carbocycles. The highest BCUT2D eigenvalue weighted by Crippen LogP contribution is 2.35. The van der Waals surface area contributed by atoms with Crippen molar-refractivity contribution >= 4 is 5.91 Å². The number of amides is 1. The summed E-state index contributed by atoms with van der Waals surface area (Å²) in [6.45, 7) is 12.6. The molecule has 1 aliphatic rings. The normalized spacial score (nSPS) is 16.5. The third kappa shape index (κ3) is 4.69. The second kappa shape index (κ2) is 9.43. The fourth-order valence-corrected chi connectivity index (χ4v) is 4.84. The molecule has 1 aliphatic heterocycles. The number of pyridine rings is 2. The van der Waals surface area contributed by atoms with Crippen LogP contribution in [0.5, 0.6) is 0 Å². The van der Waals surface area contributed by atoms with Crippen LogP contribution in [-0.2, 0) is 6.54 Å². The average molecular weight is 447 g/mol. The highest BCUT2D eigenvalue weighted by atomic mass is 16.1. The molecule has 4 heterocycles. The molecule has 33 heavy (non-hydrogen) atoms. The number of nitrogens with zero attached hydrogens (tertiary/aromatic N) is 5. The lowest BCUT2D eigenvalue weighted by atomic mass is 10.0. The summed E-state index contributed by atoms with van der Waals surface area (Å²) in [7, 11) is 1.61. The Morgan fingerprint density at radius 3 is 2.61 bits per heavy atom. The van der Waals surface area contributed by atoms with E-state index in [2.05, 4.69) is 59.7 Å². The van der Waals surface area contributed by atoms with Gasteiger partial charge in [0.05, 0.1) is 17.4 Å². The quantitative estimate of drug-likeness (QED) is 0.601. The molecule has 0 bridgehead atoms. The first-order chi connectivity index (χ1) is 15.8. The Labute approximate surface area is 196 Å². The smallest absolute Gasteiger partial charge is 0.269 e. The Bertz CT molecular complexity index is 1150. The summed E-state index contributed by atoms with van der Waals surface area (Å²) in [5.41, 5.74) is 8.29. The SMILES string of the molecule is CNC(=O)c1ccc(-c2cc(C)nc([C@@H]3CCCN3Cc3c(C)nn(C(C)C)c3C)c2)cn1. The van der Waals surface area contributed by atoms with Crippen LogP contribution < -0.4 is 5.32 Å². The van der Waals surface area contributed by atoms with E-state index in [4.69, 9.17) is 10.1 Å². The molecule has 174 valence electrons. The average Bonchev–Trinajstić information content (AvgIpc) is 3.38. The molecule has 0 saturated carbocycles. The second-order valence-electron chi connectivity index (χ2n) is 9.25. The molecule has 1 N–H and O–H groups in total. The lowest BCUT2D eigenvalue weighted by Crippen LogP contribution is -2.24. The molecule has 4 rings (SSSR count). The van der Waals surface area contributed by atoms with Crippen molar-refractivity contribution < 1.29 is 4.79 Å². The number of carbonyl (C=O) groups is 1. The Morgan fingerprint density at radius 1 is 1.18 bits per heavy atom. The van der Waals surface area contributed by atoms with Gasteiger partial charge in [-0.3, -0.25) is 24.3 Å². The van der Waals surface area contributed by atoms with Gasteiger partial charge in [0.25, 0.3) is 5.91 Å². The van der Waals surface area contributed by atoms with Gasteiger partial charge in [0.2, 0.25) is 0 Å². The topological polar surface area (TPSA) is 75.9 Å². The van der Waals surface area contributed by atoms with Crippen LogP contribution in [0.25, 0.3) is 11.1 Å². The summed E-state index contributed by atoms with van der Waals surface area (Å²) in [5, 5.41) is 7.40. The molecular weight excluding hydrogens is 412 g/mol. The third-order valence-corrected chi connectivity index (χ3v) is 6.56. The molecule has 1 fully saturated rings. The van der Waals surface area contributed by atoms with Crippen molar-refractivity contribution in [2.45, 2.75) is 66.1 Å². The lowest BCUT2D eigenvalue weighted by molar-refractivity contribution is 0.0958. The van der Waals surface area contributed by atoms with E-state index in [9.17, 15) is 4.79 Å². The van der Waals surface area contributed by atoms with Gasteiger partial charge in [-0.2, -0.15) is 5.10 Å². The van der Waals surface area contributed by atoms with E-state index >= 15 is 0 Å². The number of rotatable bonds is 6. The fourth-order valence-electron chi connectivity index (χ4n) is 4.84. The molecule has 3 aromatic rings. The number of hydrogen-bond donors (Lipinski definition) is 1. The predicted molar refractivity (Wildman–Crippen MR) is 130 cm³/mol. The number of carbonyl (C=O) groups excluding carboxylic acids is 1. The Kier molecular flexibility index (Phi) is 6.61. The first-order valence-electron chi connectivity index (χ1n) is 11.7. The number of likely N-dealkylation sites (tertiary alicyclic amines) is 1. The van der Waals surface area contributed by atoms with Crippen molar-refractivity contribution in [3.8, 4) is 11.1 Å². The lowest BCUT2D eigenvalue weighted by Gasteiger charge is -2.25. The molecule has 0 spiro atoms. The Balaban J connectivity index is 1.61. The number of nitrogens with one attached hydrogen (secondary N) is 1. The van der Waals surface area contributed by atoms with E-state index in [-0.39, 0.29) is 11.9 Å². The first kappa shape index (κ1) is 23.1. The van der Waals surface area contributed by atoms with Gasteiger partial charge in [0, 0.05) is 48.3 Å². The Hall–Kier alpha value is -3.06. The maximum absolute atomic E-state index is 11.8. The van der Waals surface area contributed by atoms with Crippen molar-refractivity contribution in [3.63, 3.8) is 0 Å². The molecular formula is C26H34N6O. The summed E-state index contributed by atoms with van der Waals surface area (Å²) >= 11 is 0. The van der Waals surface area contributed by atoms with Gasteiger partial charge in [-0.05, 0) is 77.8 Å². The van der Waals surface area contributed by atoms with Gasteiger partial charge in [-0.15, -0.1) is 0 Å². The van der Waals surface area contributed by atoms with Crippen LogP contribution in [0.4, 0.5) is 0 Å². The Morgan fingerprint density at radius 2 is 1.97 bits per heavy atom. The first-order valence-corrected chi connectivity index (χ1v) is 11.7. The maximum Gasteiger partial charge on any atom is 0.269 e. The van der Waals surface area contributed by atoms with E-state index in [1.165, 1.54) is 11.3 Å². The summed E-state index contributed by atoms with van der Waals surface area (Å²) < 4.78 is 2.13. The minimum absolute atomic E-state index is 0.180. The molecule has 7 heteroatoms. The molecule has 0 aromatic carbocycles. The van der Waals surface area contributed by atoms with E-state index in [1.54, 1.807) is 19.3 Å². The molecule has 3 aromatic heterocycles. The van der Waals surface area contributed by atoms with Gasteiger partial charge in [0.1, 0.15) is 5.69 Å². The highest BCUT2D eigenvalue weighted by Gasteiger charge is 2.29. The van der Waals surface area contributed by atoms with Crippen LogP contribution in [-0.4, -0.2) is 44.1 Å². The van der Waals surface area contributed by atoms with Gasteiger partial charge in [-0.1, -0.05) is 6.07 Å². The number of hydrogen-bond acceptors (Lipinski definition) is 5. The van der Waals surface area contributed by atoms with Crippen molar-refractivity contribution in [2.24, 2.45) is 0 Å². The number of aromatic nitrogens is 4. The van der Waals surface area contributed by atoms with Crippen LogP contribution >= 0.6 is 0 Å². The van der Waals surface area contributed by atoms with Crippen molar-refractivity contribution in [1.29, 1.82) is 0 Å². The zero-order valence-electron chi connectivity index (χ0n) is 20.5. The van der Waals surface area contributed by atoms with Crippen LogP contribution in [0.3, 0.4) is 0 Å². The fraction of sp³-hybridized carbons (Fsp3) is 0.462. The van der Waals surface area contributed by atoms with E-state index < -0.39 is 0 Å². The number of aryl methyl sites for hydroxylation is 2. The van der Waals surface area contributed by atoms with E-state index in [0.29, 0.717) is 11.7 Å². The highest BCUT2D eigenvalue weighted by molar-refractivity contribution is 5.92. The zero-order valence-corrected chi connectivity index (χ0v) is 20.5. The zero-order chi connectivity index (χ0) is 23.7. The standard InChI is InChI=1S/C26H34N6O/c1-16(2)32-19(5)22(18(4)30-32)15-31-11-7-8-25(31)24-13-21(12-17(3)29-24)20-9-10-23(28-14-20)26(33)27-6/h9-10,12-14,16,25H,7-8,11,15H2,1-6H3,(H,27,33)/t25-/m0/s1. The molecule has 0 unspecified atom stereocenters. The summed E-state index contributed by atoms with van der Waals surface area (Å²) in [5.74, 6) is -0.180. The van der Waals surface area contributed by atoms with Crippen LogP contribution in [0.2, 0.25) is 0 Å². The predicted octanol–water partition coefficient (Wildman–Crippen LogP) is 4.54. The van der Waals surface area contributed by atoms with Crippen molar-refractivity contribution in [1.82, 2.24) is 30.0 Å². The summed E-state index contributed by atoms with van der Waals surface area (Å²) in [6.07, 6.45) is 4.02. The molecule has 1 saturated heterocycles. The molecule has 1 amide bonds. The van der Waals surface area contributed by atoms with E-state index in [1.807, 2.05) is 13.0 Å². The third-order valence-electron chi connectivity index (χ3n) is 6.56. The van der Waals surface area contributed by atoms with Crippen molar-refractivity contribution in [2.75, 3.05) is 13.6 Å².